The van der Waals surface area contributed by atoms with Crippen molar-refractivity contribution in [2.75, 3.05) is 26.2 Å². The van der Waals surface area contributed by atoms with Gasteiger partial charge in [-0.1, -0.05) is 20.8 Å². The van der Waals surface area contributed by atoms with Crippen molar-refractivity contribution >= 4 is 11.8 Å². The summed E-state index contributed by atoms with van der Waals surface area (Å²) in [6.45, 7) is 10.0. The number of aliphatic hydroxyl groups is 1. The van der Waals surface area contributed by atoms with Gasteiger partial charge in [-0.3, -0.25) is 9.59 Å². The average molecular weight is 270 g/mol. The summed E-state index contributed by atoms with van der Waals surface area (Å²) in [5, 5.41) is 9.25. The standard InChI is InChI=1S/C14H26N2O3/c1-11(17)13(19)16-9-7-15(8-10-16)12(18)5-6-14(2,3)4/h11,17H,5-10H2,1-4H3. The van der Waals surface area contributed by atoms with Crippen molar-refractivity contribution in [3.05, 3.63) is 0 Å². The summed E-state index contributed by atoms with van der Waals surface area (Å²) in [5.74, 6) is -0.0825. The Kier molecular flexibility index (Phi) is 5.35. The zero-order chi connectivity index (χ0) is 14.6. The predicted molar refractivity (Wildman–Crippen MR) is 73.5 cm³/mol. The maximum atomic E-state index is 12.0. The van der Waals surface area contributed by atoms with E-state index in [4.69, 9.17) is 0 Å². The van der Waals surface area contributed by atoms with Crippen LogP contribution in [0.2, 0.25) is 0 Å². The Morgan fingerprint density at radius 1 is 1.11 bits per heavy atom. The van der Waals surface area contributed by atoms with Gasteiger partial charge in [-0.15, -0.1) is 0 Å². The van der Waals surface area contributed by atoms with Gasteiger partial charge in [0, 0.05) is 32.6 Å². The number of hydrogen-bond donors (Lipinski definition) is 1. The minimum atomic E-state index is -0.955. The zero-order valence-electron chi connectivity index (χ0n) is 12.5. The molecule has 1 N–H and O–H groups in total. The Morgan fingerprint density at radius 3 is 2.00 bits per heavy atom. The van der Waals surface area contributed by atoms with Gasteiger partial charge in [-0.05, 0) is 18.8 Å². The number of amides is 2. The van der Waals surface area contributed by atoms with E-state index in [1.807, 2.05) is 4.90 Å². The molecule has 1 fully saturated rings. The molecular weight excluding hydrogens is 244 g/mol. The maximum absolute atomic E-state index is 12.0. The van der Waals surface area contributed by atoms with Gasteiger partial charge in [0.1, 0.15) is 6.10 Å². The van der Waals surface area contributed by atoms with E-state index in [1.165, 1.54) is 6.92 Å². The largest absolute Gasteiger partial charge is 0.384 e. The molecule has 1 rings (SSSR count). The second-order valence-electron chi connectivity index (χ2n) is 6.44. The van der Waals surface area contributed by atoms with Crippen molar-refractivity contribution in [1.82, 2.24) is 9.80 Å². The van der Waals surface area contributed by atoms with Crippen LogP contribution < -0.4 is 0 Å². The van der Waals surface area contributed by atoms with Crippen molar-refractivity contribution in [2.24, 2.45) is 5.41 Å². The Hall–Kier alpha value is -1.10. The maximum Gasteiger partial charge on any atom is 0.251 e. The fourth-order valence-corrected chi connectivity index (χ4v) is 2.08. The van der Waals surface area contributed by atoms with Gasteiger partial charge in [0.15, 0.2) is 0 Å². The average Bonchev–Trinajstić information content (AvgIpc) is 2.34. The summed E-state index contributed by atoms with van der Waals surface area (Å²) in [6, 6.07) is 0. The second-order valence-corrected chi connectivity index (χ2v) is 6.44. The van der Waals surface area contributed by atoms with Gasteiger partial charge in [0.2, 0.25) is 5.91 Å². The molecule has 1 atom stereocenters. The third-order valence-corrected chi connectivity index (χ3v) is 3.39. The van der Waals surface area contributed by atoms with E-state index in [-0.39, 0.29) is 17.2 Å². The Bertz CT molecular complexity index is 326. The Morgan fingerprint density at radius 2 is 1.58 bits per heavy atom. The van der Waals surface area contributed by atoms with Crippen molar-refractivity contribution in [1.29, 1.82) is 0 Å². The van der Waals surface area contributed by atoms with E-state index in [9.17, 15) is 14.7 Å². The highest BCUT2D eigenvalue weighted by atomic mass is 16.3. The van der Waals surface area contributed by atoms with E-state index >= 15 is 0 Å². The van der Waals surface area contributed by atoms with Gasteiger partial charge >= 0.3 is 0 Å². The minimum Gasteiger partial charge on any atom is -0.384 e. The Labute approximate surface area is 115 Å². The molecule has 0 aromatic rings. The Balaban J connectivity index is 2.37. The summed E-state index contributed by atoms with van der Waals surface area (Å²) in [5.41, 5.74) is 0.166. The number of aliphatic hydroxyl groups excluding tert-OH is 1. The van der Waals surface area contributed by atoms with Gasteiger partial charge < -0.3 is 14.9 Å². The molecular formula is C14H26N2O3. The molecule has 110 valence electrons. The van der Waals surface area contributed by atoms with Crippen molar-refractivity contribution in [3.8, 4) is 0 Å². The SMILES string of the molecule is CC(O)C(=O)N1CCN(C(=O)CCC(C)(C)C)CC1. The first-order chi connectivity index (χ1) is 8.70. The molecule has 0 saturated carbocycles. The predicted octanol–water partition coefficient (Wildman–Crippen LogP) is 0.864. The van der Waals surface area contributed by atoms with Gasteiger partial charge in [0.05, 0.1) is 0 Å². The molecule has 0 aliphatic carbocycles. The molecule has 5 nitrogen and oxygen atoms in total. The number of piperazine rings is 1. The van der Waals surface area contributed by atoms with Gasteiger partial charge in [-0.2, -0.15) is 0 Å². The molecule has 1 saturated heterocycles. The first-order valence-electron chi connectivity index (χ1n) is 6.95. The van der Waals surface area contributed by atoms with Crippen LogP contribution >= 0.6 is 0 Å². The van der Waals surface area contributed by atoms with Gasteiger partial charge in [-0.25, -0.2) is 0 Å². The topological polar surface area (TPSA) is 60.9 Å². The van der Waals surface area contributed by atoms with E-state index in [0.717, 1.165) is 6.42 Å². The van der Waals surface area contributed by atoms with Crippen LogP contribution in [0.4, 0.5) is 0 Å². The lowest BCUT2D eigenvalue weighted by Gasteiger charge is -2.35. The van der Waals surface area contributed by atoms with Crippen LogP contribution in [-0.2, 0) is 9.59 Å². The highest BCUT2D eigenvalue weighted by Gasteiger charge is 2.26. The first kappa shape index (κ1) is 16.0. The normalized spacial score (nSPS) is 18.4. The second kappa shape index (κ2) is 6.37. The molecule has 1 unspecified atom stereocenters. The van der Waals surface area contributed by atoms with E-state index < -0.39 is 6.10 Å². The first-order valence-corrected chi connectivity index (χ1v) is 6.95. The summed E-state index contributed by atoms with van der Waals surface area (Å²) < 4.78 is 0. The summed E-state index contributed by atoms with van der Waals surface area (Å²) in [6.07, 6.45) is 0.482. The van der Waals surface area contributed by atoms with Crippen LogP contribution in [0.1, 0.15) is 40.5 Å². The molecule has 2 amide bonds. The molecule has 0 aromatic carbocycles. The van der Waals surface area contributed by atoms with E-state index in [0.29, 0.717) is 32.6 Å². The van der Waals surface area contributed by atoms with Crippen LogP contribution in [0, 0.1) is 5.41 Å². The number of rotatable bonds is 3. The molecule has 1 aliphatic heterocycles. The highest BCUT2D eigenvalue weighted by molar-refractivity contribution is 5.81. The molecule has 5 heteroatoms. The lowest BCUT2D eigenvalue weighted by atomic mass is 9.90. The van der Waals surface area contributed by atoms with E-state index in [2.05, 4.69) is 20.8 Å². The summed E-state index contributed by atoms with van der Waals surface area (Å²) in [7, 11) is 0. The minimum absolute atomic E-state index is 0.166. The van der Waals surface area contributed by atoms with Crippen LogP contribution in [0.5, 0.6) is 0 Å². The molecule has 1 aliphatic rings. The number of carbonyl (C=O) groups excluding carboxylic acids is 2. The molecule has 0 radical (unpaired) electrons. The smallest absolute Gasteiger partial charge is 0.251 e. The fourth-order valence-electron chi connectivity index (χ4n) is 2.08. The van der Waals surface area contributed by atoms with E-state index in [1.54, 1.807) is 4.90 Å². The molecule has 0 bridgehead atoms. The van der Waals surface area contributed by atoms with Crippen molar-refractivity contribution < 1.29 is 14.7 Å². The van der Waals surface area contributed by atoms with Crippen LogP contribution in [-0.4, -0.2) is 59.0 Å². The fraction of sp³-hybridized carbons (Fsp3) is 0.857. The summed E-state index contributed by atoms with van der Waals surface area (Å²) >= 11 is 0. The lowest BCUT2D eigenvalue weighted by Crippen LogP contribution is -2.52. The lowest BCUT2D eigenvalue weighted by molar-refractivity contribution is -0.144. The third-order valence-electron chi connectivity index (χ3n) is 3.39. The highest BCUT2D eigenvalue weighted by Crippen LogP contribution is 2.21. The number of hydrogen-bond acceptors (Lipinski definition) is 3. The molecule has 1 heterocycles. The van der Waals surface area contributed by atoms with Crippen molar-refractivity contribution in [2.45, 2.75) is 46.6 Å². The third kappa shape index (κ3) is 5.19. The molecule has 0 aromatic heterocycles. The van der Waals surface area contributed by atoms with Crippen LogP contribution in [0.3, 0.4) is 0 Å². The monoisotopic (exact) mass is 270 g/mol. The molecule has 19 heavy (non-hydrogen) atoms. The molecule has 0 spiro atoms. The number of carbonyl (C=O) groups is 2. The number of nitrogens with zero attached hydrogens (tertiary/aromatic N) is 2. The van der Waals surface area contributed by atoms with Crippen molar-refractivity contribution in [3.63, 3.8) is 0 Å². The van der Waals surface area contributed by atoms with Gasteiger partial charge in [0.25, 0.3) is 5.91 Å². The zero-order valence-corrected chi connectivity index (χ0v) is 12.5. The van der Waals surface area contributed by atoms with Crippen LogP contribution in [0.25, 0.3) is 0 Å². The quantitative estimate of drug-likeness (QED) is 0.827. The van der Waals surface area contributed by atoms with Crippen LogP contribution in [0.15, 0.2) is 0 Å². The summed E-state index contributed by atoms with van der Waals surface area (Å²) in [4.78, 5) is 27.1.